The second-order valence-electron chi connectivity index (χ2n) is 10.7. The van der Waals surface area contributed by atoms with E-state index in [4.69, 9.17) is 14.7 Å². The Balaban J connectivity index is 1.49. The Morgan fingerprint density at radius 2 is 2.00 bits per heavy atom. The van der Waals surface area contributed by atoms with Gasteiger partial charge in [-0.1, -0.05) is 6.07 Å². The third kappa shape index (κ3) is 4.02. The lowest BCUT2D eigenvalue weighted by atomic mass is 9.56. The van der Waals surface area contributed by atoms with Crippen molar-refractivity contribution in [3.05, 3.63) is 89.9 Å². The Kier molecular flexibility index (Phi) is 5.89. The van der Waals surface area contributed by atoms with Gasteiger partial charge in [0.1, 0.15) is 5.82 Å². The van der Waals surface area contributed by atoms with Crippen molar-refractivity contribution in [3.8, 4) is 11.3 Å². The van der Waals surface area contributed by atoms with Crippen LogP contribution in [0.25, 0.3) is 16.8 Å². The van der Waals surface area contributed by atoms with Crippen molar-refractivity contribution >= 4 is 5.52 Å². The molecule has 3 heterocycles. The summed E-state index contributed by atoms with van der Waals surface area (Å²) in [4.78, 5) is 9.43. The molecule has 0 amide bonds. The van der Waals surface area contributed by atoms with Gasteiger partial charge in [-0.25, -0.2) is 9.37 Å². The largest absolute Gasteiger partial charge is 0.387 e. The molecule has 0 unspecified atom stereocenters. The van der Waals surface area contributed by atoms with E-state index in [2.05, 4.69) is 28.8 Å². The first-order valence-electron chi connectivity index (χ1n) is 12.9. The zero-order valence-electron chi connectivity index (χ0n) is 20.7. The van der Waals surface area contributed by atoms with Gasteiger partial charge in [0.15, 0.2) is 0 Å². The Morgan fingerprint density at radius 1 is 1.14 bits per heavy atom. The van der Waals surface area contributed by atoms with Crippen molar-refractivity contribution in [1.82, 2.24) is 14.4 Å². The maximum absolute atomic E-state index is 13.5. The van der Waals surface area contributed by atoms with Crippen LogP contribution in [0.15, 0.2) is 67.3 Å². The van der Waals surface area contributed by atoms with Crippen LogP contribution in [-0.2, 0) is 23.0 Å². The number of aryl methyl sites for hydroxylation is 1. The third-order valence-electron chi connectivity index (χ3n) is 8.49. The first kappa shape index (κ1) is 23.3. The first-order valence-corrected chi connectivity index (χ1v) is 12.9. The fourth-order valence-corrected chi connectivity index (χ4v) is 6.81. The highest BCUT2D eigenvalue weighted by atomic mass is 19.1. The molecule has 5 nitrogen and oxygen atoms in total. The number of fused-ring (bicyclic) bond motifs is 4. The highest BCUT2D eigenvalue weighted by Crippen LogP contribution is 2.53. The SMILES string of the molecule is COC[C@@]1(O)CC[C@@]2(Cc3ccccn3)c3cn4cnc(-c5ccc(F)cc5)c4cc3CCC[C@H]2C1. The molecule has 6 heteroatoms. The van der Waals surface area contributed by atoms with E-state index in [1.807, 2.05) is 18.6 Å². The number of methoxy groups -OCH3 is 1. The van der Waals surface area contributed by atoms with Crippen LogP contribution >= 0.6 is 0 Å². The summed E-state index contributed by atoms with van der Waals surface area (Å²) in [5, 5.41) is 11.4. The van der Waals surface area contributed by atoms with E-state index in [1.165, 1.54) is 23.3 Å². The van der Waals surface area contributed by atoms with E-state index in [-0.39, 0.29) is 11.2 Å². The Hall–Kier alpha value is -3.09. The van der Waals surface area contributed by atoms with Crippen molar-refractivity contribution in [2.45, 2.75) is 56.0 Å². The van der Waals surface area contributed by atoms with Gasteiger partial charge in [0.05, 0.1) is 29.7 Å². The van der Waals surface area contributed by atoms with Crippen LogP contribution in [0.2, 0.25) is 0 Å². The highest BCUT2D eigenvalue weighted by Gasteiger charge is 2.51. The summed E-state index contributed by atoms with van der Waals surface area (Å²) < 4.78 is 21.1. The third-order valence-corrected chi connectivity index (χ3v) is 8.49. The van der Waals surface area contributed by atoms with Gasteiger partial charge in [-0.15, -0.1) is 0 Å². The van der Waals surface area contributed by atoms with Crippen molar-refractivity contribution in [1.29, 1.82) is 0 Å². The predicted octanol–water partition coefficient (Wildman–Crippen LogP) is 5.53. The summed E-state index contributed by atoms with van der Waals surface area (Å²) in [6.07, 6.45) is 12.3. The number of pyridine rings is 2. The molecule has 4 aromatic rings. The molecule has 3 aromatic heterocycles. The van der Waals surface area contributed by atoms with Crippen molar-refractivity contribution in [2.75, 3.05) is 13.7 Å². The number of hydrogen-bond acceptors (Lipinski definition) is 4. The maximum Gasteiger partial charge on any atom is 0.123 e. The lowest BCUT2D eigenvalue weighted by Gasteiger charge is -2.50. The average Bonchev–Trinajstić information content (AvgIpc) is 3.23. The van der Waals surface area contributed by atoms with Crippen molar-refractivity contribution < 1.29 is 14.2 Å². The zero-order chi connectivity index (χ0) is 24.8. The zero-order valence-corrected chi connectivity index (χ0v) is 20.7. The molecule has 0 radical (unpaired) electrons. The van der Waals surface area contributed by atoms with Crippen LogP contribution in [0, 0.1) is 11.7 Å². The van der Waals surface area contributed by atoms with E-state index in [0.717, 1.165) is 61.0 Å². The van der Waals surface area contributed by atoms with Crippen LogP contribution in [0.3, 0.4) is 0 Å². The van der Waals surface area contributed by atoms with Crippen molar-refractivity contribution in [3.63, 3.8) is 0 Å². The van der Waals surface area contributed by atoms with E-state index in [9.17, 15) is 9.50 Å². The van der Waals surface area contributed by atoms with Crippen LogP contribution in [0.5, 0.6) is 0 Å². The molecule has 0 aliphatic heterocycles. The summed E-state index contributed by atoms with van der Waals surface area (Å²) in [7, 11) is 1.67. The number of benzene rings is 1. The molecule has 0 bridgehead atoms. The van der Waals surface area contributed by atoms with Gasteiger partial charge in [0, 0.05) is 36.2 Å². The summed E-state index contributed by atoms with van der Waals surface area (Å²) >= 11 is 0. The molecule has 1 saturated carbocycles. The molecule has 36 heavy (non-hydrogen) atoms. The summed E-state index contributed by atoms with van der Waals surface area (Å²) in [6, 6.07) is 15.0. The molecule has 1 aromatic carbocycles. The molecule has 2 aliphatic carbocycles. The maximum atomic E-state index is 13.5. The number of halogens is 1. The minimum absolute atomic E-state index is 0.116. The fourth-order valence-electron chi connectivity index (χ4n) is 6.81. The first-order chi connectivity index (χ1) is 17.5. The number of aliphatic hydroxyl groups is 1. The number of ether oxygens (including phenoxy) is 1. The smallest absolute Gasteiger partial charge is 0.123 e. The van der Waals surface area contributed by atoms with Gasteiger partial charge in [0.2, 0.25) is 0 Å². The number of aromatic nitrogens is 3. The minimum atomic E-state index is -0.785. The molecule has 186 valence electrons. The molecule has 0 saturated heterocycles. The quantitative estimate of drug-likeness (QED) is 0.404. The molecule has 6 rings (SSSR count). The van der Waals surface area contributed by atoms with E-state index in [0.29, 0.717) is 18.9 Å². The standard InChI is InChI=1S/C30H32FN3O2/c1-36-19-29(35)12-13-30(17-25-7-2-3-14-32-25)23(16-29)6-4-5-22-15-27-28(21-8-10-24(31)11-9-21)33-20-34(27)18-26(22)30/h2-3,7-11,14-15,18,20,23,35H,4-6,12-13,16-17,19H2,1H3/t23-,29+,30-/m0/s1. The lowest BCUT2D eigenvalue weighted by molar-refractivity contribution is -0.0899. The van der Waals surface area contributed by atoms with Gasteiger partial charge in [-0.05, 0) is 104 Å². The fraction of sp³-hybridized carbons (Fsp3) is 0.400. The Bertz CT molecular complexity index is 1370. The van der Waals surface area contributed by atoms with Gasteiger partial charge in [-0.2, -0.15) is 0 Å². The topological polar surface area (TPSA) is 59.7 Å². The number of hydrogen-bond donors (Lipinski definition) is 1. The molecule has 3 atom stereocenters. The highest BCUT2D eigenvalue weighted by molar-refractivity contribution is 5.78. The minimum Gasteiger partial charge on any atom is -0.387 e. The lowest BCUT2D eigenvalue weighted by Crippen LogP contribution is -2.51. The van der Waals surface area contributed by atoms with Crippen LogP contribution < -0.4 is 0 Å². The second kappa shape index (κ2) is 9.09. The number of imidazole rings is 1. The van der Waals surface area contributed by atoms with Crippen LogP contribution in [0.4, 0.5) is 4.39 Å². The summed E-state index contributed by atoms with van der Waals surface area (Å²) in [5.74, 6) is 0.0802. The molecule has 2 aliphatic rings. The van der Waals surface area contributed by atoms with Crippen LogP contribution in [-0.4, -0.2) is 38.8 Å². The van der Waals surface area contributed by atoms with Gasteiger partial charge >= 0.3 is 0 Å². The molecular weight excluding hydrogens is 453 g/mol. The average molecular weight is 486 g/mol. The number of nitrogens with zero attached hydrogens (tertiary/aromatic N) is 3. The van der Waals surface area contributed by atoms with E-state index in [1.54, 1.807) is 19.2 Å². The van der Waals surface area contributed by atoms with E-state index < -0.39 is 5.60 Å². The summed E-state index contributed by atoms with van der Waals surface area (Å²) in [6.45, 7) is 0.373. The molecular formula is C30H32FN3O2. The monoisotopic (exact) mass is 485 g/mol. The van der Waals surface area contributed by atoms with E-state index >= 15 is 0 Å². The summed E-state index contributed by atoms with van der Waals surface area (Å²) in [5.41, 5.74) is 5.71. The van der Waals surface area contributed by atoms with Gasteiger partial charge in [-0.3, -0.25) is 4.98 Å². The second-order valence-corrected chi connectivity index (χ2v) is 10.7. The molecule has 0 spiro atoms. The van der Waals surface area contributed by atoms with Gasteiger partial charge < -0.3 is 14.2 Å². The Labute approximate surface area is 211 Å². The van der Waals surface area contributed by atoms with Gasteiger partial charge in [0.25, 0.3) is 0 Å². The molecule has 1 N–H and O–H groups in total. The Morgan fingerprint density at radius 3 is 2.78 bits per heavy atom. The normalized spacial score (nSPS) is 25.8. The van der Waals surface area contributed by atoms with Crippen molar-refractivity contribution in [2.24, 2.45) is 5.92 Å². The number of rotatable bonds is 5. The molecule has 1 fully saturated rings. The predicted molar refractivity (Wildman–Crippen MR) is 137 cm³/mol. The van der Waals surface area contributed by atoms with Crippen LogP contribution in [0.1, 0.15) is 48.9 Å².